The molecule has 0 aromatic heterocycles. The van der Waals surface area contributed by atoms with Gasteiger partial charge in [-0.2, -0.15) is 0 Å². The van der Waals surface area contributed by atoms with E-state index in [0.717, 1.165) is 16.9 Å². The molecule has 0 saturated heterocycles. The topological polar surface area (TPSA) is 52.6 Å². The van der Waals surface area contributed by atoms with Gasteiger partial charge in [-0.25, -0.2) is 4.79 Å². The number of hydrogen-bond donors (Lipinski definition) is 0. The van der Waals surface area contributed by atoms with Gasteiger partial charge < -0.3 is 9.47 Å². The second-order valence-electron chi connectivity index (χ2n) is 6.36. The lowest BCUT2D eigenvalue weighted by molar-refractivity contribution is -0.128. The standard InChI is InChI=1S/C26H22O4/c1-2-29-25-11-7-6-10-22(25)15-18-24(27)21-13-16-23(17-14-21)30-26(28)19-12-20-8-4-3-5-9-20/h3-19H,2H2,1H3/b18-15+,19-12+. The SMILES string of the molecule is CCOc1ccccc1/C=C/C(=O)c1ccc(OC(=O)/C=C/c2ccccc2)cc1. The summed E-state index contributed by atoms with van der Waals surface area (Å²) in [6.45, 7) is 2.47. The number of carbonyl (C=O) groups is 2. The van der Waals surface area contributed by atoms with Crippen LogP contribution in [0.25, 0.3) is 12.2 Å². The molecule has 0 fully saturated rings. The van der Waals surface area contributed by atoms with Gasteiger partial charge in [0, 0.05) is 17.2 Å². The van der Waals surface area contributed by atoms with Gasteiger partial charge in [0.15, 0.2) is 5.78 Å². The van der Waals surface area contributed by atoms with Crippen molar-refractivity contribution in [1.82, 2.24) is 0 Å². The summed E-state index contributed by atoms with van der Waals surface area (Å²) in [5, 5.41) is 0. The van der Waals surface area contributed by atoms with E-state index in [-0.39, 0.29) is 5.78 Å². The highest BCUT2D eigenvalue weighted by molar-refractivity contribution is 6.07. The second kappa shape index (κ2) is 10.6. The minimum Gasteiger partial charge on any atom is -0.493 e. The summed E-state index contributed by atoms with van der Waals surface area (Å²) in [7, 11) is 0. The van der Waals surface area contributed by atoms with Crippen molar-refractivity contribution < 1.29 is 19.1 Å². The molecule has 0 N–H and O–H groups in total. The first kappa shape index (κ1) is 20.8. The van der Waals surface area contributed by atoms with E-state index in [1.807, 2.05) is 61.5 Å². The van der Waals surface area contributed by atoms with Crippen LogP contribution in [0.1, 0.15) is 28.4 Å². The lowest BCUT2D eigenvalue weighted by Gasteiger charge is -2.06. The molecule has 4 nitrogen and oxygen atoms in total. The van der Waals surface area contributed by atoms with Crippen molar-refractivity contribution in [2.24, 2.45) is 0 Å². The third-order valence-corrected chi connectivity index (χ3v) is 4.20. The van der Waals surface area contributed by atoms with Crippen LogP contribution in [0.2, 0.25) is 0 Å². The van der Waals surface area contributed by atoms with Crippen LogP contribution < -0.4 is 9.47 Å². The molecular formula is C26H22O4. The molecule has 0 unspecified atom stereocenters. The molecule has 4 heteroatoms. The third kappa shape index (κ3) is 6.04. The van der Waals surface area contributed by atoms with Gasteiger partial charge in [-0.05, 0) is 61.0 Å². The Morgan fingerprint density at radius 3 is 2.23 bits per heavy atom. The lowest BCUT2D eigenvalue weighted by atomic mass is 10.1. The summed E-state index contributed by atoms with van der Waals surface area (Å²) >= 11 is 0. The van der Waals surface area contributed by atoms with Crippen molar-refractivity contribution in [2.75, 3.05) is 6.61 Å². The molecule has 0 aliphatic rings. The van der Waals surface area contributed by atoms with E-state index in [9.17, 15) is 9.59 Å². The Morgan fingerprint density at radius 1 is 0.800 bits per heavy atom. The Labute approximate surface area is 176 Å². The maximum atomic E-state index is 12.4. The van der Waals surface area contributed by atoms with Gasteiger partial charge in [0.05, 0.1) is 6.61 Å². The molecule has 3 aromatic rings. The summed E-state index contributed by atoms with van der Waals surface area (Å²) < 4.78 is 10.8. The Kier molecular flexibility index (Phi) is 7.34. The van der Waals surface area contributed by atoms with Gasteiger partial charge in [-0.3, -0.25) is 4.79 Å². The molecule has 30 heavy (non-hydrogen) atoms. The van der Waals surface area contributed by atoms with Crippen LogP contribution in [0.5, 0.6) is 11.5 Å². The van der Waals surface area contributed by atoms with Crippen molar-refractivity contribution in [1.29, 1.82) is 0 Å². The van der Waals surface area contributed by atoms with Gasteiger partial charge in [-0.1, -0.05) is 48.5 Å². The smallest absolute Gasteiger partial charge is 0.336 e. The fourth-order valence-corrected chi connectivity index (χ4v) is 2.73. The largest absolute Gasteiger partial charge is 0.493 e. The molecule has 0 radical (unpaired) electrons. The van der Waals surface area contributed by atoms with E-state index in [0.29, 0.717) is 17.9 Å². The van der Waals surface area contributed by atoms with Gasteiger partial charge >= 0.3 is 5.97 Å². The first-order valence-corrected chi connectivity index (χ1v) is 9.65. The summed E-state index contributed by atoms with van der Waals surface area (Å²) in [5.74, 6) is 0.475. The number of allylic oxidation sites excluding steroid dienone is 1. The number of ketones is 1. The predicted molar refractivity (Wildman–Crippen MR) is 119 cm³/mol. The summed E-state index contributed by atoms with van der Waals surface area (Å²) in [5.41, 5.74) is 2.25. The molecule has 0 amide bonds. The molecule has 0 spiro atoms. The quantitative estimate of drug-likeness (QED) is 0.214. The van der Waals surface area contributed by atoms with Crippen LogP contribution >= 0.6 is 0 Å². The highest BCUT2D eigenvalue weighted by Gasteiger charge is 2.06. The zero-order valence-electron chi connectivity index (χ0n) is 16.7. The number of carbonyl (C=O) groups excluding carboxylic acids is 2. The minimum atomic E-state index is -0.481. The Balaban J connectivity index is 1.60. The van der Waals surface area contributed by atoms with Gasteiger partial charge in [0.2, 0.25) is 0 Å². The molecule has 0 bridgehead atoms. The van der Waals surface area contributed by atoms with Crippen LogP contribution in [0.15, 0.2) is 91.0 Å². The molecule has 0 heterocycles. The summed E-state index contributed by atoms with van der Waals surface area (Å²) in [6, 6.07) is 23.5. The predicted octanol–water partition coefficient (Wildman–Crippen LogP) is 5.60. The number of hydrogen-bond acceptors (Lipinski definition) is 4. The molecule has 0 saturated carbocycles. The molecular weight excluding hydrogens is 376 g/mol. The van der Waals surface area contributed by atoms with Crippen LogP contribution in [0, 0.1) is 0 Å². The molecule has 0 atom stereocenters. The van der Waals surface area contributed by atoms with E-state index < -0.39 is 5.97 Å². The van der Waals surface area contributed by atoms with Crippen molar-refractivity contribution in [2.45, 2.75) is 6.92 Å². The zero-order valence-corrected chi connectivity index (χ0v) is 16.7. The van der Waals surface area contributed by atoms with Crippen LogP contribution in [-0.2, 0) is 4.79 Å². The minimum absolute atomic E-state index is 0.150. The fourth-order valence-electron chi connectivity index (χ4n) is 2.73. The highest BCUT2D eigenvalue weighted by Crippen LogP contribution is 2.20. The van der Waals surface area contributed by atoms with Crippen molar-refractivity contribution in [3.05, 3.63) is 108 Å². The van der Waals surface area contributed by atoms with E-state index in [1.54, 1.807) is 36.4 Å². The molecule has 0 aliphatic carbocycles. The van der Waals surface area contributed by atoms with Crippen LogP contribution in [-0.4, -0.2) is 18.4 Å². The second-order valence-corrected chi connectivity index (χ2v) is 6.36. The average molecular weight is 398 g/mol. The maximum Gasteiger partial charge on any atom is 0.336 e. The number of benzene rings is 3. The Bertz CT molecular complexity index is 1050. The van der Waals surface area contributed by atoms with Gasteiger partial charge in [0.1, 0.15) is 11.5 Å². The Hall–Kier alpha value is -3.92. The van der Waals surface area contributed by atoms with Gasteiger partial charge in [0.25, 0.3) is 0 Å². The lowest BCUT2D eigenvalue weighted by Crippen LogP contribution is -2.04. The number of rotatable bonds is 8. The highest BCUT2D eigenvalue weighted by atomic mass is 16.5. The molecule has 0 aliphatic heterocycles. The molecule has 3 rings (SSSR count). The van der Waals surface area contributed by atoms with Crippen LogP contribution in [0.3, 0.4) is 0 Å². The fraction of sp³-hybridized carbons (Fsp3) is 0.0769. The number of para-hydroxylation sites is 1. The van der Waals surface area contributed by atoms with E-state index in [1.165, 1.54) is 12.2 Å². The normalized spacial score (nSPS) is 11.0. The molecule has 150 valence electrons. The zero-order chi connectivity index (χ0) is 21.2. The van der Waals surface area contributed by atoms with E-state index in [2.05, 4.69) is 0 Å². The first-order valence-electron chi connectivity index (χ1n) is 9.65. The third-order valence-electron chi connectivity index (χ3n) is 4.20. The van der Waals surface area contributed by atoms with Crippen LogP contribution in [0.4, 0.5) is 0 Å². The van der Waals surface area contributed by atoms with E-state index in [4.69, 9.17) is 9.47 Å². The maximum absolute atomic E-state index is 12.4. The first-order chi connectivity index (χ1) is 14.7. The Morgan fingerprint density at radius 2 is 1.50 bits per heavy atom. The summed E-state index contributed by atoms with van der Waals surface area (Å²) in [6.07, 6.45) is 6.29. The van der Waals surface area contributed by atoms with Crippen molar-refractivity contribution >= 4 is 23.9 Å². The van der Waals surface area contributed by atoms with Crippen molar-refractivity contribution in [3.8, 4) is 11.5 Å². The monoisotopic (exact) mass is 398 g/mol. The summed E-state index contributed by atoms with van der Waals surface area (Å²) in [4.78, 5) is 24.4. The molecule has 3 aromatic carbocycles. The number of ether oxygens (including phenoxy) is 2. The average Bonchev–Trinajstić information content (AvgIpc) is 2.78. The van der Waals surface area contributed by atoms with Crippen molar-refractivity contribution in [3.63, 3.8) is 0 Å². The number of esters is 1. The van der Waals surface area contributed by atoms with Gasteiger partial charge in [-0.15, -0.1) is 0 Å². The van der Waals surface area contributed by atoms with E-state index >= 15 is 0 Å².